The molecular formula is C11H23N5O4. The maximum absolute atomic E-state index is 11.7. The summed E-state index contributed by atoms with van der Waals surface area (Å²) in [4.78, 5) is 26.2. The quantitative estimate of drug-likeness (QED) is 0.157. The number of unbranched alkanes of at least 4 members (excludes halogenated alkanes) is 1. The van der Waals surface area contributed by atoms with Crippen LogP contribution in [0.5, 0.6) is 0 Å². The number of carbonyl (C=O) groups is 2. The molecule has 0 radical (unpaired) electrons. The van der Waals surface area contributed by atoms with Crippen molar-refractivity contribution in [3.63, 3.8) is 0 Å². The van der Waals surface area contributed by atoms with Gasteiger partial charge in [-0.3, -0.25) is 9.79 Å². The summed E-state index contributed by atoms with van der Waals surface area (Å²) in [5.74, 6) is -1.92. The van der Waals surface area contributed by atoms with E-state index in [9.17, 15) is 14.7 Å². The van der Waals surface area contributed by atoms with Crippen molar-refractivity contribution in [2.24, 2.45) is 22.2 Å². The minimum atomic E-state index is -1.37. The monoisotopic (exact) mass is 289 g/mol. The molecule has 0 aliphatic heterocycles. The highest BCUT2D eigenvalue weighted by Crippen LogP contribution is 2.01. The van der Waals surface area contributed by atoms with Crippen LogP contribution in [0.15, 0.2) is 4.99 Å². The van der Waals surface area contributed by atoms with Gasteiger partial charge in [-0.05, 0) is 26.2 Å². The number of hydrogen-bond donors (Lipinski definition) is 6. The van der Waals surface area contributed by atoms with Crippen molar-refractivity contribution in [2.75, 3.05) is 6.54 Å². The highest BCUT2D eigenvalue weighted by atomic mass is 16.4. The largest absolute Gasteiger partial charge is 0.480 e. The van der Waals surface area contributed by atoms with E-state index in [0.29, 0.717) is 25.8 Å². The zero-order valence-corrected chi connectivity index (χ0v) is 11.5. The Balaban J connectivity index is 4.09. The molecule has 0 unspecified atom stereocenters. The predicted octanol–water partition coefficient (Wildman–Crippen LogP) is -2.29. The molecule has 0 aliphatic rings. The number of hydrogen-bond acceptors (Lipinski definition) is 5. The predicted molar refractivity (Wildman–Crippen MR) is 73.8 cm³/mol. The van der Waals surface area contributed by atoms with Crippen molar-refractivity contribution in [3.8, 4) is 0 Å². The fraction of sp³-hybridized carbons (Fsp3) is 0.727. The number of aliphatic imine (C=N–C) groups is 1. The van der Waals surface area contributed by atoms with E-state index in [-0.39, 0.29) is 5.96 Å². The van der Waals surface area contributed by atoms with Crippen molar-refractivity contribution in [2.45, 2.75) is 44.4 Å². The number of carboxylic acid groups (broad SMARTS) is 1. The molecule has 0 heterocycles. The van der Waals surface area contributed by atoms with Crippen LogP contribution in [0, 0.1) is 0 Å². The molecule has 0 saturated carbocycles. The molecule has 1 amide bonds. The number of carboxylic acids is 1. The maximum Gasteiger partial charge on any atom is 0.328 e. The molecule has 9 N–H and O–H groups in total. The molecule has 9 heteroatoms. The van der Waals surface area contributed by atoms with Gasteiger partial charge in [-0.25, -0.2) is 4.79 Å². The number of amides is 1. The van der Waals surface area contributed by atoms with Crippen molar-refractivity contribution in [1.29, 1.82) is 0 Å². The Morgan fingerprint density at radius 2 is 1.90 bits per heavy atom. The number of aliphatic carboxylic acids is 1. The highest BCUT2D eigenvalue weighted by Gasteiger charge is 2.26. The second kappa shape index (κ2) is 9.10. The molecule has 0 spiro atoms. The van der Waals surface area contributed by atoms with Gasteiger partial charge in [0.1, 0.15) is 0 Å². The van der Waals surface area contributed by atoms with Crippen molar-refractivity contribution in [3.05, 3.63) is 0 Å². The Kier molecular flexibility index (Phi) is 8.25. The van der Waals surface area contributed by atoms with Gasteiger partial charge in [-0.15, -0.1) is 0 Å². The van der Waals surface area contributed by atoms with E-state index in [2.05, 4.69) is 10.3 Å². The average Bonchev–Trinajstić information content (AvgIpc) is 2.33. The highest BCUT2D eigenvalue weighted by molar-refractivity contribution is 5.87. The number of carbonyl (C=O) groups excluding carboxylic acids is 1. The van der Waals surface area contributed by atoms with Gasteiger partial charge in [0.05, 0.1) is 12.1 Å². The third-order valence-electron chi connectivity index (χ3n) is 2.60. The molecule has 0 aliphatic carbocycles. The van der Waals surface area contributed by atoms with Crippen LogP contribution in [0.1, 0.15) is 26.2 Å². The second-order valence-corrected chi connectivity index (χ2v) is 4.47. The summed E-state index contributed by atoms with van der Waals surface area (Å²) in [7, 11) is 0. The Bertz CT molecular complexity index is 355. The fourth-order valence-corrected chi connectivity index (χ4v) is 1.46. The van der Waals surface area contributed by atoms with Gasteiger partial charge in [-0.2, -0.15) is 0 Å². The van der Waals surface area contributed by atoms with E-state index in [1.165, 1.54) is 6.92 Å². The molecule has 9 nitrogen and oxygen atoms in total. The van der Waals surface area contributed by atoms with Crippen LogP contribution in [-0.4, -0.2) is 52.8 Å². The molecule has 116 valence electrons. The summed E-state index contributed by atoms with van der Waals surface area (Å²) in [6.07, 6.45) is 0.457. The lowest BCUT2D eigenvalue weighted by atomic mass is 10.1. The van der Waals surface area contributed by atoms with Gasteiger partial charge < -0.3 is 32.7 Å². The Hall–Kier alpha value is -1.87. The van der Waals surface area contributed by atoms with Crippen LogP contribution in [0.4, 0.5) is 0 Å². The average molecular weight is 289 g/mol. The Morgan fingerprint density at radius 3 is 2.35 bits per heavy atom. The first-order valence-corrected chi connectivity index (χ1v) is 6.28. The number of nitrogens with two attached hydrogens (primary N) is 3. The minimum Gasteiger partial charge on any atom is -0.480 e. The van der Waals surface area contributed by atoms with E-state index in [1.54, 1.807) is 0 Å². The summed E-state index contributed by atoms with van der Waals surface area (Å²) in [5, 5.41) is 20.2. The van der Waals surface area contributed by atoms with Crippen molar-refractivity contribution >= 4 is 17.8 Å². The van der Waals surface area contributed by atoms with Crippen LogP contribution in [0.2, 0.25) is 0 Å². The number of nitrogens with one attached hydrogen (secondary N) is 1. The standard InChI is InChI=1S/C11H23N5O4/c1-6(17)8(10(19)20)16-9(18)7(12)4-2-3-5-15-11(13)14/h6-8,17H,2-5,12H2,1H3,(H,16,18)(H,19,20)(H4,13,14,15)/t6-,7+,8+/m1/s1. The SMILES string of the molecule is C[C@@H](O)[C@H](NC(=O)[C@@H](N)CCCCN=C(N)N)C(=O)O. The van der Waals surface area contributed by atoms with Crippen LogP contribution in [0.25, 0.3) is 0 Å². The number of aliphatic hydroxyl groups excluding tert-OH is 1. The van der Waals surface area contributed by atoms with Crippen molar-refractivity contribution in [1.82, 2.24) is 5.32 Å². The van der Waals surface area contributed by atoms with E-state index in [0.717, 1.165) is 0 Å². The second-order valence-electron chi connectivity index (χ2n) is 4.47. The summed E-state index contributed by atoms with van der Waals surface area (Å²) >= 11 is 0. The van der Waals surface area contributed by atoms with E-state index >= 15 is 0 Å². The van der Waals surface area contributed by atoms with E-state index < -0.39 is 30.1 Å². The smallest absolute Gasteiger partial charge is 0.328 e. The number of nitrogens with zero attached hydrogens (tertiary/aromatic N) is 1. The van der Waals surface area contributed by atoms with Crippen LogP contribution in [-0.2, 0) is 9.59 Å². The number of guanidine groups is 1. The topological polar surface area (TPSA) is 177 Å². The Morgan fingerprint density at radius 1 is 1.30 bits per heavy atom. The third kappa shape index (κ3) is 7.54. The summed E-state index contributed by atoms with van der Waals surface area (Å²) in [5.41, 5.74) is 15.9. The number of rotatable bonds is 9. The molecule has 0 aromatic carbocycles. The van der Waals surface area contributed by atoms with Gasteiger partial charge >= 0.3 is 5.97 Å². The third-order valence-corrected chi connectivity index (χ3v) is 2.60. The van der Waals surface area contributed by atoms with Crippen LogP contribution < -0.4 is 22.5 Å². The zero-order valence-electron chi connectivity index (χ0n) is 11.5. The molecule has 0 saturated heterocycles. The molecule has 0 fully saturated rings. The minimum absolute atomic E-state index is 0.00766. The maximum atomic E-state index is 11.7. The van der Waals surface area contributed by atoms with Crippen LogP contribution in [0.3, 0.4) is 0 Å². The first-order valence-electron chi connectivity index (χ1n) is 6.28. The van der Waals surface area contributed by atoms with E-state index in [1.807, 2.05) is 0 Å². The first kappa shape index (κ1) is 18.1. The first-order chi connectivity index (χ1) is 9.25. The number of aliphatic hydroxyl groups is 1. The molecule has 0 bridgehead atoms. The molecule has 0 rings (SSSR count). The van der Waals surface area contributed by atoms with Crippen LogP contribution >= 0.6 is 0 Å². The summed E-state index contributed by atoms with van der Waals surface area (Å²) < 4.78 is 0. The lowest BCUT2D eigenvalue weighted by molar-refractivity contribution is -0.145. The summed E-state index contributed by atoms with van der Waals surface area (Å²) in [6, 6.07) is -2.20. The van der Waals surface area contributed by atoms with Crippen molar-refractivity contribution < 1.29 is 19.8 Å². The molecule has 0 aromatic rings. The Labute approximate surface area is 117 Å². The van der Waals surface area contributed by atoms with Gasteiger partial charge in [-0.1, -0.05) is 0 Å². The lowest BCUT2D eigenvalue weighted by Gasteiger charge is -2.19. The summed E-state index contributed by atoms with van der Waals surface area (Å²) in [6.45, 7) is 1.72. The molecular weight excluding hydrogens is 266 g/mol. The van der Waals surface area contributed by atoms with Gasteiger partial charge in [0, 0.05) is 6.54 Å². The van der Waals surface area contributed by atoms with Gasteiger partial charge in [0.25, 0.3) is 0 Å². The molecule has 3 atom stereocenters. The molecule has 0 aromatic heterocycles. The van der Waals surface area contributed by atoms with Gasteiger partial charge in [0.2, 0.25) is 5.91 Å². The van der Waals surface area contributed by atoms with Gasteiger partial charge in [0.15, 0.2) is 12.0 Å². The van der Waals surface area contributed by atoms with E-state index in [4.69, 9.17) is 22.3 Å². The zero-order chi connectivity index (χ0) is 15.7. The molecule has 20 heavy (non-hydrogen) atoms. The lowest BCUT2D eigenvalue weighted by Crippen LogP contribution is -2.52. The fourth-order valence-electron chi connectivity index (χ4n) is 1.46. The normalized spacial score (nSPS) is 14.9.